The van der Waals surface area contributed by atoms with E-state index in [4.69, 9.17) is 0 Å². The first-order valence-electron chi connectivity index (χ1n) is 7.33. The molecule has 0 spiro atoms. The maximum absolute atomic E-state index is 3.39. The van der Waals surface area contributed by atoms with Crippen molar-refractivity contribution >= 4 is 0 Å². The standard InChI is InChI=1S/C14H31N3/c1-4-15-10-6-5-7-11-17-12-8-14(9-13-17)16(2)3/h14-15H,4-13H2,1-3H3. The molecule has 3 heteroatoms. The third kappa shape index (κ3) is 6.39. The van der Waals surface area contributed by atoms with Gasteiger partial charge in [0, 0.05) is 6.04 Å². The highest BCUT2D eigenvalue weighted by Gasteiger charge is 2.19. The zero-order valence-electron chi connectivity index (χ0n) is 12.0. The largest absolute Gasteiger partial charge is 0.317 e. The van der Waals surface area contributed by atoms with Crippen molar-refractivity contribution in [2.24, 2.45) is 0 Å². The van der Waals surface area contributed by atoms with Gasteiger partial charge in [-0.1, -0.05) is 13.3 Å². The van der Waals surface area contributed by atoms with Crippen LogP contribution in [0.25, 0.3) is 0 Å². The Morgan fingerprint density at radius 1 is 1.12 bits per heavy atom. The number of unbranched alkanes of at least 4 members (excludes halogenated alkanes) is 2. The molecule has 0 aliphatic carbocycles. The van der Waals surface area contributed by atoms with E-state index in [1.807, 2.05) is 0 Å². The Labute approximate surface area is 108 Å². The van der Waals surface area contributed by atoms with E-state index in [2.05, 4.69) is 36.1 Å². The lowest BCUT2D eigenvalue weighted by molar-refractivity contribution is 0.143. The summed E-state index contributed by atoms with van der Waals surface area (Å²) in [4.78, 5) is 5.03. The smallest absolute Gasteiger partial charge is 0.0113 e. The zero-order valence-corrected chi connectivity index (χ0v) is 12.0. The summed E-state index contributed by atoms with van der Waals surface area (Å²) in [5, 5.41) is 3.39. The summed E-state index contributed by atoms with van der Waals surface area (Å²) in [5.74, 6) is 0. The molecule has 0 atom stereocenters. The van der Waals surface area contributed by atoms with E-state index in [-0.39, 0.29) is 0 Å². The van der Waals surface area contributed by atoms with Crippen molar-refractivity contribution in [3.05, 3.63) is 0 Å². The number of nitrogens with zero attached hydrogens (tertiary/aromatic N) is 2. The number of rotatable bonds is 8. The van der Waals surface area contributed by atoms with Crippen LogP contribution >= 0.6 is 0 Å². The molecule has 1 aliphatic heterocycles. The molecule has 102 valence electrons. The topological polar surface area (TPSA) is 18.5 Å². The molecule has 3 nitrogen and oxygen atoms in total. The number of hydrogen-bond acceptors (Lipinski definition) is 3. The van der Waals surface area contributed by atoms with Crippen LogP contribution in [0.1, 0.15) is 39.0 Å². The zero-order chi connectivity index (χ0) is 12.5. The third-order valence-electron chi connectivity index (χ3n) is 3.87. The van der Waals surface area contributed by atoms with E-state index in [9.17, 15) is 0 Å². The molecular formula is C14H31N3. The maximum atomic E-state index is 3.39. The Balaban J connectivity index is 1.95. The highest BCUT2D eigenvalue weighted by Crippen LogP contribution is 2.14. The Bertz CT molecular complexity index is 174. The highest BCUT2D eigenvalue weighted by atomic mass is 15.2. The minimum Gasteiger partial charge on any atom is -0.317 e. The first-order chi connectivity index (χ1) is 8.24. The molecule has 0 amide bonds. The lowest BCUT2D eigenvalue weighted by Gasteiger charge is -2.35. The van der Waals surface area contributed by atoms with E-state index < -0.39 is 0 Å². The molecule has 0 saturated carbocycles. The van der Waals surface area contributed by atoms with Gasteiger partial charge >= 0.3 is 0 Å². The summed E-state index contributed by atoms with van der Waals surface area (Å²) in [5.41, 5.74) is 0. The number of likely N-dealkylation sites (tertiary alicyclic amines) is 1. The summed E-state index contributed by atoms with van der Waals surface area (Å²) in [7, 11) is 4.42. The van der Waals surface area contributed by atoms with Crippen molar-refractivity contribution in [3.8, 4) is 0 Å². The van der Waals surface area contributed by atoms with Crippen molar-refractivity contribution in [2.45, 2.75) is 45.1 Å². The van der Waals surface area contributed by atoms with Crippen LogP contribution in [-0.2, 0) is 0 Å². The molecule has 0 unspecified atom stereocenters. The van der Waals surface area contributed by atoms with Crippen LogP contribution in [0.15, 0.2) is 0 Å². The van der Waals surface area contributed by atoms with Crippen LogP contribution in [0.3, 0.4) is 0 Å². The molecule has 1 saturated heterocycles. The molecule has 1 fully saturated rings. The Kier molecular flexibility index (Phi) is 7.82. The molecule has 0 aromatic heterocycles. The van der Waals surface area contributed by atoms with E-state index >= 15 is 0 Å². The van der Waals surface area contributed by atoms with Crippen molar-refractivity contribution in [1.82, 2.24) is 15.1 Å². The fraction of sp³-hybridized carbons (Fsp3) is 1.00. The number of hydrogen-bond donors (Lipinski definition) is 1. The van der Waals surface area contributed by atoms with Gasteiger partial charge in [-0.05, 0) is 72.5 Å². The number of piperidine rings is 1. The van der Waals surface area contributed by atoms with E-state index in [1.54, 1.807) is 0 Å². The second-order valence-corrected chi connectivity index (χ2v) is 5.45. The van der Waals surface area contributed by atoms with Crippen LogP contribution in [0.2, 0.25) is 0 Å². The van der Waals surface area contributed by atoms with Gasteiger partial charge in [-0.2, -0.15) is 0 Å². The minimum absolute atomic E-state index is 0.819. The fourth-order valence-corrected chi connectivity index (χ4v) is 2.60. The van der Waals surface area contributed by atoms with Gasteiger partial charge in [-0.3, -0.25) is 0 Å². The first kappa shape index (κ1) is 14.9. The maximum Gasteiger partial charge on any atom is 0.0113 e. The van der Waals surface area contributed by atoms with E-state index in [0.29, 0.717) is 0 Å². The summed E-state index contributed by atoms with van der Waals surface area (Å²) < 4.78 is 0. The predicted octanol–water partition coefficient (Wildman–Crippen LogP) is 1.79. The number of nitrogens with one attached hydrogen (secondary N) is 1. The average Bonchev–Trinajstić information content (AvgIpc) is 2.34. The average molecular weight is 241 g/mol. The molecule has 0 radical (unpaired) electrons. The quantitative estimate of drug-likeness (QED) is 0.654. The van der Waals surface area contributed by atoms with Crippen LogP contribution in [0.4, 0.5) is 0 Å². The normalized spacial score (nSPS) is 19.1. The van der Waals surface area contributed by atoms with E-state index in [0.717, 1.165) is 12.6 Å². The molecule has 1 N–H and O–H groups in total. The van der Waals surface area contributed by atoms with Gasteiger partial charge in [0.2, 0.25) is 0 Å². The van der Waals surface area contributed by atoms with Crippen molar-refractivity contribution in [3.63, 3.8) is 0 Å². The van der Waals surface area contributed by atoms with Crippen LogP contribution in [0.5, 0.6) is 0 Å². The van der Waals surface area contributed by atoms with Crippen molar-refractivity contribution in [1.29, 1.82) is 0 Å². The van der Waals surface area contributed by atoms with Crippen LogP contribution in [0, 0.1) is 0 Å². The predicted molar refractivity (Wildman–Crippen MR) is 75.5 cm³/mol. The van der Waals surface area contributed by atoms with Crippen LogP contribution in [-0.4, -0.2) is 62.7 Å². The fourth-order valence-electron chi connectivity index (χ4n) is 2.60. The minimum atomic E-state index is 0.819. The van der Waals surface area contributed by atoms with Crippen molar-refractivity contribution in [2.75, 3.05) is 46.8 Å². The second kappa shape index (κ2) is 8.90. The first-order valence-corrected chi connectivity index (χ1v) is 7.33. The molecule has 1 heterocycles. The second-order valence-electron chi connectivity index (χ2n) is 5.45. The molecule has 0 bridgehead atoms. The summed E-state index contributed by atoms with van der Waals surface area (Å²) in [6.07, 6.45) is 6.79. The van der Waals surface area contributed by atoms with Gasteiger partial charge in [-0.25, -0.2) is 0 Å². The Morgan fingerprint density at radius 2 is 1.82 bits per heavy atom. The van der Waals surface area contributed by atoms with Crippen LogP contribution < -0.4 is 5.32 Å². The summed E-state index contributed by atoms with van der Waals surface area (Å²) in [6.45, 7) is 8.39. The molecule has 17 heavy (non-hydrogen) atoms. The molecule has 1 rings (SSSR count). The van der Waals surface area contributed by atoms with E-state index in [1.165, 1.54) is 58.3 Å². The molecular weight excluding hydrogens is 210 g/mol. The monoisotopic (exact) mass is 241 g/mol. The molecule has 0 aromatic carbocycles. The third-order valence-corrected chi connectivity index (χ3v) is 3.87. The molecule has 1 aliphatic rings. The van der Waals surface area contributed by atoms with Gasteiger partial charge < -0.3 is 15.1 Å². The summed E-state index contributed by atoms with van der Waals surface area (Å²) >= 11 is 0. The highest BCUT2D eigenvalue weighted by molar-refractivity contribution is 4.76. The van der Waals surface area contributed by atoms with Gasteiger partial charge in [0.1, 0.15) is 0 Å². The van der Waals surface area contributed by atoms with Gasteiger partial charge in [0.05, 0.1) is 0 Å². The summed E-state index contributed by atoms with van der Waals surface area (Å²) in [6, 6.07) is 0.819. The van der Waals surface area contributed by atoms with Gasteiger partial charge in [-0.15, -0.1) is 0 Å². The Hall–Kier alpha value is -0.120. The molecule has 0 aromatic rings. The lowest BCUT2D eigenvalue weighted by Crippen LogP contribution is -2.42. The Morgan fingerprint density at radius 3 is 2.41 bits per heavy atom. The van der Waals surface area contributed by atoms with Gasteiger partial charge in [0.15, 0.2) is 0 Å². The SMILES string of the molecule is CCNCCCCCN1CCC(N(C)C)CC1. The van der Waals surface area contributed by atoms with Crippen molar-refractivity contribution < 1.29 is 0 Å². The van der Waals surface area contributed by atoms with Gasteiger partial charge in [0.25, 0.3) is 0 Å². The lowest BCUT2D eigenvalue weighted by atomic mass is 10.0.